The summed E-state index contributed by atoms with van der Waals surface area (Å²) in [5.74, 6) is 1.94. The van der Waals surface area contributed by atoms with Crippen LogP contribution in [-0.2, 0) is 6.61 Å². The second-order valence-electron chi connectivity index (χ2n) is 5.63. The van der Waals surface area contributed by atoms with Gasteiger partial charge in [0.05, 0.1) is 19.9 Å². The third-order valence-corrected chi connectivity index (χ3v) is 3.80. The molecule has 1 amide bonds. The number of furan rings is 1. The highest BCUT2D eigenvalue weighted by Crippen LogP contribution is 2.25. The van der Waals surface area contributed by atoms with Crippen LogP contribution in [0.1, 0.15) is 16.1 Å². The second kappa shape index (κ2) is 9.33. The van der Waals surface area contributed by atoms with Crippen molar-refractivity contribution in [3.63, 3.8) is 0 Å². The number of rotatable bonds is 9. The van der Waals surface area contributed by atoms with Crippen molar-refractivity contribution < 1.29 is 23.4 Å². The number of benzene rings is 2. The molecule has 0 saturated carbocycles. The van der Waals surface area contributed by atoms with E-state index in [1.807, 2.05) is 54.6 Å². The van der Waals surface area contributed by atoms with E-state index in [2.05, 4.69) is 5.32 Å². The Labute approximate surface area is 157 Å². The van der Waals surface area contributed by atoms with Gasteiger partial charge in [-0.25, -0.2) is 0 Å². The van der Waals surface area contributed by atoms with Crippen LogP contribution in [0.4, 0.5) is 0 Å². The lowest BCUT2D eigenvalue weighted by atomic mass is 10.2. The molecule has 1 N–H and O–H groups in total. The summed E-state index contributed by atoms with van der Waals surface area (Å²) in [4.78, 5) is 12.3. The lowest BCUT2D eigenvalue weighted by Crippen LogP contribution is -2.28. The van der Waals surface area contributed by atoms with E-state index in [0.717, 1.165) is 5.75 Å². The summed E-state index contributed by atoms with van der Waals surface area (Å²) in [5.41, 5.74) is 0.682. The Kier molecular flexibility index (Phi) is 6.35. The molecule has 3 aromatic rings. The van der Waals surface area contributed by atoms with Crippen molar-refractivity contribution in [2.45, 2.75) is 6.61 Å². The topological polar surface area (TPSA) is 69.9 Å². The minimum atomic E-state index is -0.310. The van der Waals surface area contributed by atoms with E-state index >= 15 is 0 Å². The molecule has 140 valence electrons. The van der Waals surface area contributed by atoms with E-state index in [-0.39, 0.29) is 18.3 Å². The number of nitrogens with one attached hydrogen (secondary N) is 1. The fourth-order valence-electron chi connectivity index (χ4n) is 2.47. The quantitative estimate of drug-likeness (QED) is 0.584. The summed E-state index contributed by atoms with van der Waals surface area (Å²) in [6, 6.07) is 18.5. The van der Waals surface area contributed by atoms with E-state index < -0.39 is 0 Å². The molecule has 0 radical (unpaired) electrons. The summed E-state index contributed by atoms with van der Waals surface area (Å²) in [7, 11) is 1.58. The first-order chi connectivity index (χ1) is 13.3. The van der Waals surface area contributed by atoms with Gasteiger partial charge in [0.15, 0.2) is 17.3 Å². The zero-order valence-electron chi connectivity index (χ0n) is 15.0. The summed E-state index contributed by atoms with van der Waals surface area (Å²) < 4.78 is 21.8. The standard InChI is InChI=1S/C21H21NO5/c1-24-18-9-5-6-10-19(18)25-14-12-22-21(23)20-16(11-13-26-20)15-27-17-7-3-2-4-8-17/h2-11,13H,12,14-15H2,1H3,(H,22,23). The van der Waals surface area contributed by atoms with Gasteiger partial charge in [0.1, 0.15) is 19.0 Å². The van der Waals surface area contributed by atoms with Crippen molar-refractivity contribution in [2.24, 2.45) is 0 Å². The van der Waals surface area contributed by atoms with Gasteiger partial charge in [0, 0.05) is 5.56 Å². The maximum Gasteiger partial charge on any atom is 0.287 e. The monoisotopic (exact) mass is 367 g/mol. The van der Waals surface area contributed by atoms with Crippen LogP contribution < -0.4 is 19.5 Å². The number of carbonyl (C=O) groups excluding carboxylic acids is 1. The van der Waals surface area contributed by atoms with Gasteiger partial charge in [-0.3, -0.25) is 4.79 Å². The number of ether oxygens (including phenoxy) is 3. The maximum absolute atomic E-state index is 12.3. The number of hydrogen-bond donors (Lipinski definition) is 1. The minimum Gasteiger partial charge on any atom is -0.493 e. The van der Waals surface area contributed by atoms with Crippen molar-refractivity contribution in [1.82, 2.24) is 5.32 Å². The summed E-state index contributed by atoms with van der Waals surface area (Å²) in [6.45, 7) is 0.889. The number of amides is 1. The summed E-state index contributed by atoms with van der Waals surface area (Å²) in [6.07, 6.45) is 1.48. The lowest BCUT2D eigenvalue weighted by Gasteiger charge is -2.11. The van der Waals surface area contributed by atoms with E-state index in [1.54, 1.807) is 13.2 Å². The van der Waals surface area contributed by atoms with E-state index in [4.69, 9.17) is 18.6 Å². The molecule has 0 fully saturated rings. The van der Waals surface area contributed by atoms with Gasteiger partial charge in [-0.05, 0) is 30.3 Å². The van der Waals surface area contributed by atoms with Gasteiger partial charge in [0.2, 0.25) is 0 Å². The van der Waals surface area contributed by atoms with Crippen molar-refractivity contribution in [3.05, 3.63) is 78.3 Å². The van der Waals surface area contributed by atoms with Crippen LogP contribution in [0.5, 0.6) is 17.2 Å². The molecule has 6 heteroatoms. The summed E-state index contributed by atoms with van der Waals surface area (Å²) in [5, 5.41) is 2.78. The zero-order valence-corrected chi connectivity index (χ0v) is 15.0. The Morgan fingerprint density at radius 2 is 1.70 bits per heavy atom. The van der Waals surface area contributed by atoms with Gasteiger partial charge in [-0.2, -0.15) is 0 Å². The van der Waals surface area contributed by atoms with Gasteiger partial charge >= 0.3 is 0 Å². The molecule has 0 aliphatic rings. The van der Waals surface area contributed by atoms with Gasteiger partial charge < -0.3 is 23.9 Å². The molecular weight excluding hydrogens is 346 g/mol. The first-order valence-electron chi connectivity index (χ1n) is 8.56. The van der Waals surface area contributed by atoms with Gasteiger partial charge in [-0.15, -0.1) is 0 Å². The van der Waals surface area contributed by atoms with Crippen LogP contribution in [0.2, 0.25) is 0 Å². The molecule has 27 heavy (non-hydrogen) atoms. The average Bonchev–Trinajstić information content (AvgIpc) is 3.19. The number of methoxy groups -OCH3 is 1. The molecule has 0 aliphatic carbocycles. The molecular formula is C21H21NO5. The van der Waals surface area contributed by atoms with Gasteiger partial charge in [-0.1, -0.05) is 30.3 Å². The molecule has 0 saturated heterocycles. The molecule has 1 aromatic heterocycles. The van der Waals surface area contributed by atoms with Crippen molar-refractivity contribution in [1.29, 1.82) is 0 Å². The Hall–Kier alpha value is -3.41. The molecule has 0 spiro atoms. The predicted octanol–water partition coefficient (Wildman–Crippen LogP) is 3.68. The molecule has 6 nitrogen and oxygen atoms in total. The largest absolute Gasteiger partial charge is 0.493 e. The third kappa shape index (κ3) is 5.04. The SMILES string of the molecule is COc1ccccc1OCCNC(=O)c1occc1COc1ccccc1. The number of para-hydroxylation sites is 3. The Morgan fingerprint density at radius 3 is 2.48 bits per heavy atom. The molecule has 0 bridgehead atoms. The fourth-order valence-corrected chi connectivity index (χ4v) is 2.47. The summed E-state index contributed by atoms with van der Waals surface area (Å²) >= 11 is 0. The number of carbonyl (C=O) groups is 1. The van der Waals surface area contributed by atoms with Gasteiger partial charge in [0.25, 0.3) is 5.91 Å². The highest BCUT2D eigenvalue weighted by atomic mass is 16.5. The Morgan fingerprint density at radius 1 is 0.963 bits per heavy atom. The predicted molar refractivity (Wildman–Crippen MR) is 100 cm³/mol. The van der Waals surface area contributed by atoms with Crippen LogP contribution >= 0.6 is 0 Å². The molecule has 1 heterocycles. The highest BCUT2D eigenvalue weighted by Gasteiger charge is 2.15. The van der Waals surface area contributed by atoms with Crippen LogP contribution in [0.3, 0.4) is 0 Å². The number of hydrogen-bond acceptors (Lipinski definition) is 5. The zero-order chi connectivity index (χ0) is 18.9. The minimum absolute atomic E-state index is 0.239. The normalized spacial score (nSPS) is 10.3. The van der Waals surface area contributed by atoms with E-state index in [1.165, 1.54) is 6.26 Å². The first-order valence-corrected chi connectivity index (χ1v) is 8.56. The molecule has 3 rings (SSSR count). The van der Waals surface area contributed by atoms with Crippen LogP contribution in [0.25, 0.3) is 0 Å². The molecule has 2 aromatic carbocycles. The molecule has 0 unspecified atom stereocenters. The first kappa shape index (κ1) is 18.4. The van der Waals surface area contributed by atoms with Crippen molar-refractivity contribution in [2.75, 3.05) is 20.3 Å². The average molecular weight is 367 g/mol. The Balaban J connectivity index is 1.48. The molecule has 0 atom stereocenters. The lowest BCUT2D eigenvalue weighted by molar-refractivity contribution is 0.0915. The highest BCUT2D eigenvalue weighted by molar-refractivity contribution is 5.92. The Bertz CT molecular complexity index is 860. The third-order valence-electron chi connectivity index (χ3n) is 3.80. The van der Waals surface area contributed by atoms with Crippen molar-refractivity contribution >= 4 is 5.91 Å². The van der Waals surface area contributed by atoms with Crippen molar-refractivity contribution in [3.8, 4) is 17.2 Å². The fraction of sp³-hybridized carbons (Fsp3) is 0.190. The van der Waals surface area contributed by atoms with Crippen LogP contribution in [0, 0.1) is 0 Å². The van der Waals surface area contributed by atoms with Crippen LogP contribution in [-0.4, -0.2) is 26.2 Å². The second-order valence-corrected chi connectivity index (χ2v) is 5.63. The van der Waals surface area contributed by atoms with E-state index in [9.17, 15) is 4.79 Å². The van der Waals surface area contributed by atoms with Crippen LogP contribution in [0.15, 0.2) is 71.3 Å². The van der Waals surface area contributed by atoms with E-state index in [0.29, 0.717) is 30.2 Å². The maximum atomic E-state index is 12.3. The smallest absolute Gasteiger partial charge is 0.287 e. The molecule has 0 aliphatic heterocycles.